The lowest BCUT2D eigenvalue weighted by atomic mass is 9.90. The smallest absolute Gasteiger partial charge is 0.131 e. The summed E-state index contributed by atoms with van der Waals surface area (Å²) in [5.74, 6) is 1.98. The second-order valence-corrected chi connectivity index (χ2v) is 5.31. The van der Waals surface area contributed by atoms with Gasteiger partial charge in [0, 0.05) is 25.3 Å². The molecule has 0 amide bonds. The van der Waals surface area contributed by atoms with Gasteiger partial charge in [-0.05, 0) is 50.8 Å². The maximum Gasteiger partial charge on any atom is 0.131 e. The molecule has 1 aliphatic heterocycles. The first-order chi connectivity index (χ1) is 8.72. The number of nitrogens with one attached hydrogen (secondary N) is 1. The molecule has 1 N–H and O–H groups in total. The normalized spacial score (nSPS) is 18.9. The first kappa shape index (κ1) is 13.3. The predicted molar refractivity (Wildman–Crippen MR) is 77.0 cm³/mol. The lowest BCUT2D eigenvalue weighted by Gasteiger charge is -2.36. The Kier molecular flexibility index (Phi) is 4.59. The molecule has 1 unspecified atom stereocenters. The SMILES string of the molecule is CCNC(C)C1CCN(c2ncccc2C)CC1. The molecule has 3 heteroatoms. The van der Waals surface area contributed by atoms with Gasteiger partial charge in [-0.1, -0.05) is 13.0 Å². The number of rotatable bonds is 4. The molecule has 3 nitrogen and oxygen atoms in total. The van der Waals surface area contributed by atoms with Crippen LogP contribution >= 0.6 is 0 Å². The van der Waals surface area contributed by atoms with E-state index < -0.39 is 0 Å². The van der Waals surface area contributed by atoms with Crippen molar-refractivity contribution in [1.29, 1.82) is 0 Å². The number of aromatic nitrogens is 1. The molecule has 1 saturated heterocycles. The van der Waals surface area contributed by atoms with Gasteiger partial charge in [-0.2, -0.15) is 0 Å². The second-order valence-electron chi connectivity index (χ2n) is 5.31. The molecule has 100 valence electrons. The van der Waals surface area contributed by atoms with Crippen molar-refractivity contribution in [2.75, 3.05) is 24.5 Å². The van der Waals surface area contributed by atoms with Crippen LogP contribution in [-0.4, -0.2) is 30.7 Å². The average molecular weight is 247 g/mol. The van der Waals surface area contributed by atoms with Gasteiger partial charge in [-0.25, -0.2) is 4.98 Å². The lowest BCUT2D eigenvalue weighted by Crippen LogP contribution is -2.42. The standard InChI is InChI=1S/C15H25N3/c1-4-16-13(3)14-7-10-18(11-8-14)15-12(2)6-5-9-17-15/h5-6,9,13-14,16H,4,7-8,10-11H2,1-3H3. The van der Waals surface area contributed by atoms with Gasteiger partial charge in [0.15, 0.2) is 0 Å². The van der Waals surface area contributed by atoms with Crippen LogP contribution < -0.4 is 10.2 Å². The van der Waals surface area contributed by atoms with Crippen molar-refractivity contribution < 1.29 is 0 Å². The zero-order valence-electron chi connectivity index (χ0n) is 11.8. The number of piperidine rings is 1. The van der Waals surface area contributed by atoms with Gasteiger partial charge in [0.05, 0.1) is 0 Å². The van der Waals surface area contributed by atoms with E-state index in [0.717, 1.165) is 25.6 Å². The highest BCUT2D eigenvalue weighted by Crippen LogP contribution is 2.25. The Morgan fingerprint density at radius 3 is 2.78 bits per heavy atom. The first-order valence-electron chi connectivity index (χ1n) is 7.12. The molecule has 1 aliphatic rings. The molecular formula is C15H25N3. The zero-order valence-corrected chi connectivity index (χ0v) is 11.8. The van der Waals surface area contributed by atoms with E-state index in [1.165, 1.54) is 24.2 Å². The Labute approximate surface area is 111 Å². The maximum atomic E-state index is 4.52. The molecule has 0 saturated carbocycles. The van der Waals surface area contributed by atoms with Gasteiger partial charge >= 0.3 is 0 Å². The van der Waals surface area contributed by atoms with Crippen LogP contribution in [0.5, 0.6) is 0 Å². The van der Waals surface area contributed by atoms with Crippen molar-refractivity contribution in [2.24, 2.45) is 5.92 Å². The van der Waals surface area contributed by atoms with Crippen LogP contribution in [0.15, 0.2) is 18.3 Å². The van der Waals surface area contributed by atoms with Crippen molar-refractivity contribution in [3.63, 3.8) is 0 Å². The summed E-state index contributed by atoms with van der Waals surface area (Å²) in [6.45, 7) is 9.99. The van der Waals surface area contributed by atoms with E-state index in [4.69, 9.17) is 0 Å². The summed E-state index contributed by atoms with van der Waals surface area (Å²) in [7, 11) is 0. The molecule has 1 aromatic heterocycles. The van der Waals surface area contributed by atoms with Crippen molar-refractivity contribution in [3.05, 3.63) is 23.9 Å². The first-order valence-corrected chi connectivity index (χ1v) is 7.12. The molecule has 2 heterocycles. The van der Waals surface area contributed by atoms with Crippen molar-refractivity contribution >= 4 is 5.82 Å². The van der Waals surface area contributed by atoms with E-state index in [1.807, 2.05) is 12.3 Å². The minimum atomic E-state index is 0.641. The number of nitrogens with zero attached hydrogens (tertiary/aromatic N) is 2. The van der Waals surface area contributed by atoms with Crippen molar-refractivity contribution in [2.45, 2.75) is 39.7 Å². The molecule has 1 fully saturated rings. The molecule has 2 rings (SSSR count). The summed E-state index contributed by atoms with van der Waals surface area (Å²) in [4.78, 5) is 6.95. The Bertz CT molecular complexity index is 370. The molecule has 0 aliphatic carbocycles. The van der Waals surface area contributed by atoms with Gasteiger partial charge < -0.3 is 10.2 Å². The Hall–Kier alpha value is -1.09. The van der Waals surface area contributed by atoms with Gasteiger partial charge in [0.25, 0.3) is 0 Å². The van der Waals surface area contributed by atoms with Crippen LogP contribution in [0.25, 0.3) is 0 Å². The number of hydrogen-bond acceptors (Lipinski definition) is 3. The van der Waals surface area contributed by atoms with Crippen LogP contribution in [0.3, 0.4) is 0 Å². The van der Waals surface area contributed by atoms with E-state index in [1.54, 1.807) is 0 Å². The van der Waals surface area contributed by atoms with E-state index >= 15 is 0 Å². The molecule has 18 heavy (non-hydrogen) atoms. The fraction of sp³-hybridized carbons (Fsp3) is 0.667. The summed E-state index contributed by atoms with van der Waals surface area (Å²) < 4.78 is 0. The molecular weight excluding hydrogens is 222 g/mol. The summed E-state index contributed by atoms with van der Waals surface area (Å²) in [6, 6.07) is 4.80. The average Bonchev–Trinajstić information content (AvgIpc) is 2.40. The van der Waals surface area contributed by atoms with E-state index in [2.05, 4.69) is 42.0 Å². The molecule has 0 spiro atoms. The Morgan fingerprint density at radius 2 is 2.17 bits per heavy atom. The summed E-state index contributed by atoms with van der Waals surface area (Å²) in [6.07, 6.45) is 4.43. The van der Waals surface area contributed by atoms with Gasteiger partial charge in [-0.3, -0.25) is 0 Å². The summed E-state index contributed by atoms with van der Waals surface area (Å²) in [5, 5.41) is 3.55. The minimum absolute atomic E-state index is 0.641. The van der Waals surface area contributed by atoms with Crippen LogP contribution in [0.4, 0.5) is 5.82 Å². The molecule has 0 bridgehead atoms. The number of aryl methyl sites for hydroxylation is 1. The van der Waals surface area contributed by atoms with Gasteiger partial charge in [-0.15, -0.1) is 0 Å². The zero-order chi connectivity index (χ0) is 13.0. The summed E-state index contributed by atoms with van der Waals surface area (Å²) in [5.41, 5.74) is 1.29. The van der Waals surface area contributed by atoms with Crippen LogP contribution in [0.2, 0.25) is 0 Å². The van der Waals surface area contributed by atoms with Gasteiger partial charge in [0.2, 0.25) is 0 Å². The minimum Gasteiger partial charge on any atom is -0.356 e. The van der Waals surface area contributed by atoms with Crippen LogP contribution in [0.1, 0.15) is 32.3 Å². The fourth-order valence-electron chi connectivity index (χ4n) is 2.91. The van der Waals surface area contributed by atoms with Crippen molar-refractivity contribution in [1.82, 2.24) is 10.3 Å². The third-order valence-electron chi connectivity index (χ3n) is 4.05. The van der Waals surface area contributed by atoms with E-state index in [9.17, 15) is 0 Å². The molecule has 1 atom stereocenters. The van der Waals surface area contributed by atoms with E-state index in [0.29, 0.717) is 6.04 Å². The highest BCUT2D eigenvalue weighted by molar-refractivity contribution is 5.46. The third-order valence-corrected chi connectivity index (χ3v) is 4.05. The monoisotopic (exact) mass is 247 g/mol. The van der Waals surface area contributed by atoms with Crippen LogP contribution in [0, 0.1) is 12.8 Å². The second kappa shape index (κ2) is 6.19. The topological polar surface area (TPSA) is 28.2 Å². The molecule has 0 aromatic carbocycles. The quantitative estimate of drug-likeness (QED) is 0.886. The number of anilines is 1. The Balaban J connectivity index is 1.93. The number of pyridine rings is 1. The number of hydrogen-bond donors (Lipinski definition) is 1. The fourth-order valence-corrected chi connectivity index (χ4v) is 2.91. The highest BCUT2D eigenvalue weighted by Gasteiger charge is 2.24. The lowest BCUT2D eigenvalue weighted by molar-refractivity contribution is 0.314. The predicted octanol–water partition coefficient (Wildman–Crippen LogP) is 2.60. The van der Waals surface area contributed by atoms with E-state index in [-0.39, 0.29) is 0 Å². The molecule has 0 radical (unpaired) electrons. The Morgan fingerprint density at radius 1 is 1.44 bits per heavy atom. The van der Waals surface area contributed by atoms with Crippen LogP contribution in [-0.2, 0) is 0 Å². The largest absolute Gasteiger partial charge is 0.356 e. The van der Waals surface area contributed by atoms with Gasteiger partial charge in [0.1, 0.15) is 5.82 Å². The third kappa shape index (κ3) is 3.02. The molecule has 1 aromatic rings. The maximum absolute atomic E-state index is 4.52. The van der Waals surface area contributed by atoms with Crippen molar-refractivity contribution in [3.8, 4) is 0 Å². The summed E-state index contributed by atoms with van der Waals surface area (Å²) >= 11 is 0. The highest BCUT2D eigenvalue weighted by atomic mass is 15.2.